The summed E-state index contributed by atoms with van der Waals surface area (Å²) in [7, 11) is 0. The van der Waals surface area contributed by atoms with Gasteiger partial charge in [-0.3, -0.25) is 25.2 Å². The number of carbonyl (C=O) groups excluding carboxylic acids is 2. The van der Waals surface area contributed by atoms with Crippen molar-refractivity contribution in [2.75, 3.05) is 6.26 Å². The first kappa shape index (κ1) is 22.8. The molecule has 9 heteroatoms. The van der Waals surface area contributed by atoms with Gasteiger partial charge < -0.3 is 0 Å². The van der Waals surface area contributed by atoms with Crippen molar-refractivity contribution in [3.05, 3.63) is 69.1 Å². The highest BCUT2D eigenvalue weighted by Gasteiger charge is 2.18. The van der Waals surface area contributed by atoms with Crippen LogP contribution in [0, 0.1) is 0 Å². The van der Waals surface area contributed by atoms with E-state index in [-0.39, 0.29) is 21.8 Å². The van der Waals surface area contributed by atoms with Crippen molar-refractivity contribution in [2.45, 2.75) is 37.6 Å². The molecule has 0 aliphatic rings. The van der Waals surface area contributed by atoms with Crippen LogP contribution in [0.25, 0.3) is 10.8 Å². The van der Waals surface area contributed by atoms with Crippen molar-refractivity contribution in [3.8, 4) is 0 Å². The van der Waals surface area contributed by atoms with E-state index < -0.39 is 11.8 Å². The Morgan fingerprint density at radius 1 is 1.06 bits per heavy atom. The number of hydrazine groups is 1. The Hall–Kier alpha value is -2.84. The fraction of sp³-hybridized carbons (Fsp3) is 0.273. The third kappa shape index (κ3) is 5.26. The molecule has 31 heavy (non-hydrogen) atoms. The minimum Gasteiger partial charge on any atom is -0.267 e. The van der Waals surface area contributed by atoms with E-state index >= 15 is 0 Å². The van der Waals surface area contributed by atoms with Gasteiger partial charge in [-0.1, -0.05) is 49.6 Å². The Morgan fingerprint density at radius 2 is 1.77 bits per heavy atom. The highest BCUT2D eigenvalue weighted by molar-refractivity contribution is 7.98. The number of rotatable bonds is 7. The molecule has 0 unspecified atom stereocenters. The SMILES string of the molecule is CCCCCn1nc(C(=O)NNC(=O)c2cc(SC)ccc2Cl)c2ccccc2c1=O. The zero-order valence-electron chi connectivity index (χ0n) is 17.3. The van der Waals surface area contributed by atoms with Gasteiger partial charge in [-0.2, -0.15) is 5.10 Å². The number of aryl methyl sites for hydroxylation is 1. The lowest BCUT2D eigenvalue weighted by Crippen LogP contribution is -2.43. The summed E-state index contributed by atoms with van der Waals surface area (Å²) >= 11 is 7.60. The standard InChI is InChI=1S/C22H23ClN4O3S/c1-3-4-7-12-27-22(30)16-9-6-5-8-15(16)19(26-27)21(29)25-24-20(28)17-13-14(31-2)10-11-18(17)23/h5-6,8-11,13H,3-4,7,12H2,1-2H3,(H,24,28)(H,25,29). The number of amides is 2. The van der Waals surface area contributed by atoms with Gasteiger partial charge in [-0.15, -0.1) is 11.8 Å². The van der Waals surface area contributed by atoms with Gasteiger partial charge in [0.1, 0.15) is 0 Å². The summed E-state index contributed by atoms with van der Waals surface area (Å²) in [6.07, 6.45) is 4.62. The summed E-state index contributed by atoms with van der Waals surface area (Å²) < 4.78 is 1.31. The first-order valence-corrected chi connectivity index (χ1v) is 11.5. The number of thioether (sulfide) groups is 1. The van der Waals surface area contributed by atoms with E-state index in [1.165, 1.54) is 16.4 Å². The molecule has 0 bridgehead atoms. The fourth-order valence-electron chi connectivity index (χ4n) is 3.11. The van der Waals surface area contributed by atoms with E-state index in [1.807, 2.05) is 6.26 Å². The zero-order valence-corrected chi connectivity index (χ0v) is 18.8. The van der Waals surface area contributed by atoms with Gasteiger partial charge in [-0.05, 0) is 36.9 Å². The summed E-state index contributed by atoms with van der Waals surface area (Å²) in [5, 5.41) is 5.38. The molecule has 2 N–H and O–H groups in total. The maximum atomic E-state index is 12.9. The number of halogens is 1. The fourth-order valence-corrected chi connectivity index (χ4v) is 3.75. The summed E-state index contributed by atoms with van der Waals surface area (Å²) in [4.78, 5) is 39.0. The molecule has 162 valence electrons. The predicted octanol–water partition coefficient (Wildman–Crippen LogP) is 4.04. The molecule has 0 aliphatic heterocycles. The monoisotopic (exact) mass is 458 g/mol. The van der Waals surface area contributed by atoms with Crippen LogP contribution < -0.4 is 16.4 Å². The van der Waals surface area contributed by atoms with Crippen molar-refractivity contribution in [1.82, 2.24) is 20.6 Å². The zero-order chi connectivity index (χ0) is 22.4. The second kappa shape index (κ2) is 10.5. The van der Waals surface area contributed by atoms with Gasteiger partial charge in [0, 0.05) is 16.8 Å². The van der Waals surface area contributed by atoms with Crippen LogP contribution in [0.5, 0.6) is 0 Å². The molecule has 2 aromatic carbocycles. The second-order valence-corrected chi connectivity index (χ2v) is 8.17. The van der Waals surface area contributed by atoms with Crippen LogP contribution in [0.2, 0.25) is 5.02 Å². The average Bonchev–Trinajstić information content (AvgIpc) is 2.79. The maximum Gasteiger partial charge on any atom is 0.290 e. The van der Waals surface area contributed by atoms with Crippen molar-refractivity contribution in [2.24, 2.45) is 0 Å². The smallest absolute Gasteiger partial charge is 0.267 e. The molecule has 0 fully saturated rings. The molecule has 3 aromatic rings. The Bertz CT molecular complexity index is 1180. The van der Waals surface area contributed by atoms with E-state index in [4.69, 9.17) is 11.6 Å². The van der Waals surface area contributed by atoms with Gasteiger partial charge >= 0.3 is 0 Å². The van der Waals surface area contributed by atoms with Crippen molar-refractivity contribution < 1.29 is 9.59 Å². The molecule has 2 amide bonds. The van der Waals surface area contributed by atoms with Crippen LogP contribution in [-0.2, 0) is 6.54 Å². The molecule has 3 rings (SSSR count). The molecular formula is C22H23ClN4O3S. The van der Waals surface area contributed by atoms with Gasteiger partial charge in [0.05, 0.1) is 16.0 Å². The lowest BCUT2D eigenvalue weighted by Gasteiger charge is -2.12. The normalized spacial score (nSPS) is 10.8. The predicted molar refractivity (Wildman–Crippen MR) is 124 cm³/mol. The number of hydrogen-bond acceptors (Lipinski definition) is 5. The molecule has 0 spiro atoms. The van der Waals surface area contributed by atoms with E-state index in [1.54, 1.807) is 42.5 Å². The van der Waals surface area contributed by atoms with Gasteiger partial charge in [0.25, 0.3) is 17.4 Å². The molecular weight excluding hydrogens is 436 g/mol. The van der Waals surface area contributed by atoms with Gasteiger partial charge in [0.15, 0.2) is 5.69 Å². The topological polar surface area (TPSA) is 93.1 Å². The minimum atomic E-state index is -0.620. The Morgan fingerprint density at radius 3 is 2.48 bits per heavy atom. The van der Waals surface area contributed by atoms with Crippen LogP contribution in [0.1, 0.15) is 47.0 Å². The molecule has 0 aliphatic carbocycles. The lowest BCUT2D eigenvalue weighted by molar-refractivity contribution is 0.0843. The van der Waals surface area contributed by atoms with E-state index in [9.17, 15) is 14.4 Å². The molecule has 0 atom stereocenters. The van der Waals surface area contributed by atoms with Crippen molar-refractivity contribution in [3.63, 3.8) is 0 Å². The molecule has 0 radical (unpaired) electrons. The number of hydrogen-bond donors (Lipinski definition) is 2. The molecule has 0 saturated carbocycles. The van der Waals surface area contributed by atoms with Gasteiger partial charge in [0.2, 0.25) is 0 Å². The summed E-state index contributed by atoms with van der Waals surface area (Å²) in [5.41, 5.74) is 4.84. The quantitative estimate of drug-likeness (QED) is 0.316. The van der Waals surface area contributed by atoms with Crippen LogP contribution in [0.4, 0.5) is 0 Å². The highest BCUT2D eigenvalue weighted by Crippen LogP contribution is 2.22. The molecule has 1 heterocycles. The van der Waals surface area contributed by atoms with Gasteiger partial charge in [-0.25, -0.2) is 4.68 Å². The average molecular weight is 459 g/mol. The van der Waals surface area contributed by atoms with Crippen LogP contribution in [0.15, 0.2) is 52.2 Å². The largest absolute Gasteiger partial charge is 0.290 e. The molecule has 0 saturated heterocycles. The Labute approximate surface area is 189 Å². The molecule has 7 nitrogen and oxygen atoms in total. The van der Waals surface area contributed by atoms with E-state index in [2.05, 4.69) is 22.9 Å². The first-order valence-electron chi connectivity index (χ1n) is 9.90. The van der Waals surface area contributed by atoms with Crippen LogP contribution in [0.3, 0.4) is 0 Å². The number of nitrogens with zero attached hydrogens (tertiary/aromatic N) is 2. The Balaban J connectivity index is 1.85. The number of benzene rings is 2. The number of carbonyl (C=O) groups is 2. The second-order valence-electron chi connectivity index (χ2n) is 6.88. The Kier molecular flexibility index (Phi) is 7.70. The minimum absolute atomic E-state index is 0.0657. The van der Waals surface area contributed by atoms with E-state index in [0.717, 1.165) is 24.2 Å². The lowest BCUT2D eigenvalue weighted by atomic mass is 10.1. The van der Waals surface area contributed by atoms with Crippen molar-refractivity contribution >= 4 is 45.9 Å². The summed E-state index contributed by atoms with van der Waals surface area (Å²) in [6, 6.07) is 11.9. The number of unbranched alkanes of at least 4 members (excludes halogenated alkanes) is 2. The maximum absolute atomic E-state index is 12.9. The highest BCUT2D eigenvalue weighted by atomic mass is 35.5. The first-order chi connectivity index (χ1) is 15.0. The van der Waals surface area contributed by atoms with E-state index in [0.29, 0.717) is 17.3 Å². The summed E-state index contributed by atoms with van der Waals surface area (Å²) in [5.74, 6) is -1.17. The number of aromatic nitrogens is 2. The third-order valence-electron chi connectivity index (χ3n) is 4.76. The van der Waals surface area contributed by atoms with Crippen molar-refractivity contribution in [1.29, 1.82) is 0 Å². The number of fused-ring (bicyclic) bond motifs is 1. The third-order valence-corrected chi connectivity index (χ3v) is 5.82. The van der Waals surface area contributed by atoms with Crippen LogP contribution in [-0.4, -0.2) is 27.9 Å². The summed E-state index contributed by atoms with van der Waals surface area (Å²) in [6.45, 7) is 2.49. The van der Waals surface area contributed by atoms with Crippen LogP contribution >= 0.6 is 23.4 Å². The number of nitrogens with one attached hydrogen (secondary N) is 2. The molecule has 1 aromatic heterocycles.